The maximum atomic E-state index is 6.47. The normalized spacial score (nSPS) is 13.7. The van der Waals surface area contributed by atoms with E-state index in [9.17, 15) is 0 Å². The molecule has 0 radical (unpaired) electrons. The predicted molar refractivity (Wildman–Crippen MR) is 624 cm³/mol. The van der Waals surface area contributed by atoms with Crippen molar-refractivity contribution in [2.45, 2.75) is 67.6 Å². The highest BCUT2D eigenvalue weighted by atomic mass is 32.2. The SMILES string of the molecule is CC1(C)c2ccccc2-c2ccc(-c3c4ccccc4c(-c4c5ccccc5cc5ccccc45)c4ccc(-c5ccccc5)cc34)cc21.CC1(C)c2ccccc2-c2ccc(-c3c4ccccc4c(N4c5ccccc5Oc5ccccc54)c4ccc(-c5ccccc5)cc34)cc21.CC1(C)c2ccccc2-c2ccc(-c3c4ccccc4c(N4c5ccccc5Sc5ccccc54)c4ccc(-c5ccccc5)cc34)cc21. The Kier molecular flexibility index (Phi) is 20.3. The van der Waals surface area contributed by atoms with Crippen molar-refractivity contribution in [3.8, 4) is 123 Å². The molecular weight excluding hydrogens is 1790 g/mol. The lowest BCUT2D eigenvalue weighted by molar-refractivity contribution is 0.477. The van der Waals surface area contributed by atoms with E-state index < -0.39 is 0 Å². The summed E-state index contributed by atoms with van der Waals surface area (Å²) in [5, 5.41) is 20.1. The quantitative estimate of drug-likeness (QED) is 0.134. The lowest BCUT2D eigenvalue weighted by atomic mass is 9.79. The third-order valence-electron chi connectivity index (χ3n) is 32.3. The van der Waals surface area contributed by atoms with Gasteiger partial charge in [-0.1, -0.05) is 460 Å². The smallest absolute Gasteiger partial charge is 0.151 e. The zero-order chi connectivity index (χ0) is 98.1. The third kappa shape index (κ3) is 13.9. The number of hydrogen-bond donors (Lipinski definition) is 0. The van der Waals surface area contributed by atoms with Crippen LogP contribution in [-0.4, -0.2) is 0 Å². The van der Waals surface area contributed by atoms with Crippen LogP contribution in [0.2, 0.25) is 0 Å². The fourth-order valence-corrected chi connectivity index (χ4v) is 26.4. The molecule has 0 saturated carbocycles. The average molecular weight is 1890 g/mol. The third-order valence-corrected chi connectivity index (χ3v) is 33.4. The molecule has 0 unspecified atom stereocenters. The van der Waals surface area contributed by atoms with E-state index in [1.807, 2.05) is 23.9 Å². The van der Waals surface area contributed by atoms with Crippen LogP contribution >= 0.6 is 11.8 Å². The van der Waals surface area contributed by atoms with Gasteiger partial charge in [0.25, 0.3) is 0 Å². The first-order valence-corrected chi connectivity index (χ1v) is 52.1. The maximum Gasteiger partial charge on any atom is 0.151 e. The van der Waals surface area contributed by atoms with E-state index in [1.165, 1.54) is 258 Å². The second-order valence-corrected chi connectivity index (χ2v) is 42.5. The van der Waals surface area contributed by atoms with Gasteiger partial charge in [-0.05, 0) is 300 Å². The summed E-state index contributed by atoms with van der Waals surface area (Å²) in [6.07, 6.45) is 0. The highest BCUT2D eigenvalue weighted by Gasteiger charge is 2.41. The Balaban J connectivity index is 0.000000107. The van der Waals surface area contributed by atoms with Crippen LogP contribution in [0.15, 0.2) is 507 Å². The fraction of sp³-hybridized carbons (Fsp3) is 0.0629. The summed E-state index contributed by atoms with van der Waals surface area (Å²) in [7, 11) is 0. The zero-order valence-electron chi connectivity index (χ0n) is 82.6. The molecule has 694 valence electrons. The van der Waals surface area contributed by atoms with Gasteiger partial charge in [-0.25, -0.2) is 0 Å². The number of nitrogens with zero attached hydrogens (tertiary/aromatic N) is 2. The van der Waals surface area contributed by atoms with Gasteiger partial charge in [0.1, 0.15) is 0 Å². The van der Waals surface area contributed by atoms with Crippen LogP contribution in [0, 0.1) is 0 Å². The van der Waals surface area contributed by atoms with Crippen LogP contribution in [-0.2, 0) is 16.2 Å². The van der Waals surface area contributed by atoms with Gasteiger partial charge in [0, 0.05) is 47.6 Å². The Labute approximate surface area is 861 Å². The summed E-state index contributed by atoms with van der Waals surface area (Å²) in [5.74, 6) is 1.70. The summed E-state index contributed by atoms with van der Waals surface area (Å²) in [6.45, 7) is 14.2. The van der Waals surface area contributed by atoms with Gasteiger partial charge in [-0.15, -0.1) is 0 Å². The molecule has 2 aliphatic heterocycles. The van der Waals surface area contributed by atoms with Crippen LogP contribution in [0.5, 0.6) is 11.5 Å². The van der Waals surface area contributed by atoms with Crippen LogP contribution < -0.4 is 14.5 Å². The first-order chi connectivity index (χ1) is 72.2. The number of fused-ring (bicyclic) bond motifs is 21. The number of anilines is 6. The minimum absolute atomic E-state index is 0.0788. The molecule has 3 nitrogen and oxygen atoms in total. The summed E-state index contributed by atoms with van der Waals surface area (Å²) >= 11 is 1.86. The van der Waals surface area contributed by atoms with Crippen molar-refractivity contribution < 1.29 is 4.74 Å². The van der Waals surface area contributed by atoms with Crippen molar-refractivity contribution in [1.29, 1.82) is 0 Å². The molecule has 0 saturated heterocycles. The van der Waals surface area contributed by atoms with Crippen molar-refractivity contribution in [3.63, 3.8) is 0 Å². The molecule has 0 aromatic heterocycles. The molecular formula is C143H100N2OS. The molecule has 2 heterocycles. The Hall–Kier alpha value is -17.7. The largest absolute Gasteiger partial charge is 0.453 e. The summed E-state index contributed by atoms with van der Waals surface area (Å²) in [5.41, 5.74) is 40.6. The summed E-state index contributed by atoms with van der Waals surface area (Å²) in [4.78, 5) is 7.46. The Bertz CT molecular complexity index is 9280. The van der Waals surface area contributed by atoms with E-state index >= 15 is 0 Å². The molecule has 5 aliphatic rings. The molecule has 4 heteroatoms. The predicted octanol–water partition coefficient (Wildman–Crippen LogP) is 40.4. The fourth-order valence-electron chi connectivity index (χ4n) is 25.4. The summed E-state index contributed by atoms with van der Waals surface area (Å²) < 4.78 is 6.47. The van der Waals surface area contributed by atoms with Gasteiger partial charge >= 0.3 is 0 Å². The van der Waals surface area contributed by atoms with E-state index in [1.54, 1.807) is 0 Å². The van der Waals surface area contributed by atoms with E-state index in [0.717, 1.165) is 28.6 Å². The van der Waals surface area contributed by atoms with Crippen LogP contribution in [0.25, 0.3) is 197 Å². The van der Waals surface area contributed by atoms with Gasteiger partial charge in [0.2, 0.25) is 0 Å². The van der Waals surface area contributed by atoms with E-state index in [0.29, 0.717) is 0 Å². The molecule has 0 bridgehead atoms. The molecule has 30 rings (SSSR count). The molecule has 0 amide bonds. The van der Waals surface area contributed by atoms with Crippen LogP contribution in [0.1, 0.15) is 74.9 Å². The van der Waals surface area contributed by atoms with Crippen LogP contribution in [0.4, 0.5) is 34.1 Å². The number of rotatable bonds is 9. The van der Waals surface area contributed by atoms with E-state index in [4.69, 9.17) is 4.74 Å². The van der Waals surface area contributed by atoms with Crippen molar-refractivity contribution >= 4 is 132 Å². The molecule has 25 aromatic carbocycles. The number of benzene rings is 25. The number of para-hydroxylation sites is 6. The highest BCUT2D eigenvalue weighted by molar-refractivity contribution is 7.99. The van der Waals surface area contributed by atoms with Gasteiger partial charge < -0.3 is 14.5 Å². The second kappa shape index (κ2) is 34.3. The highest BCUT2D eigenvalue weighted by Crippen LogP contribution is 2.62. The van der Waals surface area contributed by atoms with Crippen molar-refractivity contribution in [1.82, 2.24) is 0 Å². The molecule has 25 aromatic rings. The molecule has 0 spiro atoms. The minimum atomic E-state index is -0.0933. The lowest BCUT2D eigenvalue weighted by Crippen LogP contribution is -2.16. The van der Waals surface area contributed by atoms with Crippen molar-refractivity contribution in [2.75, 3.05) is 9.80 Å². The molecule has 147 heavy (non-hydrogen) atoms. The van der Waals surface area contributed by atoms with Gasteiger partial charge in [0.05, 0.1) is 34.1 Å². The maximum absolute atomic E-state index is 6.47. The van der Waals surface area contributed by atoms with Gasteiger partial charge in [-0.3, -0.25) is 0 Å². The van der Waals surface area contributed by atoms with Gasteiger partial charge in [-0.2, -0.15) is 0 Å². The first-order valence-electron chi connectivity index (χ1n) is 51.3. The number of hydrogen-bond acceptors (Lipinski definition) is 4. The van der Waals surface area contributed by atoms with Crippen LogP contribution in [0.3, 0.4) is 0 Å². The Morgan fingerprint density at radius 2 is 0.429 bits per heavy atom. The molecule has 0 N–H and O–H groups in total. The average Bonchev–Trinajstić information content (AvgIpc) is 1.69. The lowest BCUT2D eigenvalue weighted by Gasteiger charge is -2.35. The Morgan fingerprint density at radius 3 is 0.823 bits per heavy atom. The molecule has 0 fully saturated rings. The van der Waals surface area contributed by atoms with Crippen molar-refractivity contribution in [3.05, 3.63) is 531 Å². The van der Waals surface area contributed by atoms with Crippen molar-refractivity contribution in [2.24, 2.45) is 0 Å². The number of ether oxygens (including phenoxy) is 1. The standard InChI is InChI=1S/C49H34.C47H33NO.C47H33NS/c1-49(2)44-23-13-12-20-38(44)39-26-25-35(30-45(39)49)46-40-21-10-11-22-41(40)48(42-27-24-32(29-43(42)46)31-14-4-3-5-15-31)47-36-18-8-6-16-33(36)28-34-17-7-9-19-37(34)47;2*1-47(2)39-19-9-8-16-33(39)34-26-25-32(29-40(34)47)45-35-17-6-7-18-36(35)46(37-27-24-31(28-38(37)45)30-14-4-3-5-15-30)48-41-20-10-12-22-43(41)49-44-23-13-11-21-42(44)48/h3-30H,1-2H3;2*3-29H,1-2H3. The monoisotopic (exact) mass is 1890 g/mol. The molecule has 3 aliphatic carbocycles. The topological polar surface area (TPSA) is 15.7 Å². The Morgan fingerprint density at radius 1 is 0.170 bits per heavy atom. The minimum Gasteiger partial charge on any atom is -0.453 e. The zero-order valence-corrected chi connectivity index (χ0v) is 83.4. The summed E-state index contributed by atoms with van der Waals surface area (Å²) in [6, 6.07) is 183. The van der Waals surface area contributed by atoms with Gasteiger partial charge in [0.15, 0.2) is 11.5 Å². The molecule has 0 atom stereocenters. The van der Waals surface area contributed by atoms with E-state index in [-0.39, 0.29) is 16.2 Å². The van der Waals surface area contributed by atoms with E-state index in [2.05, 4.69) is 537 Å². The second-order valence-electron chi connectivity index (χ2n) is 41.4. The first kappa shape index (κ1) is 87.2.